The van der Waals surface area contributed by atoms with Gasteiger partial charge in [0.2, 0.25) is 0 Å². The van der Waals surface area contributed by atoms with Gasteiger partial charge in [-0.2, -0.15) is 8.42 Å². The summed E-state index contributed by atoms with van der Waals surface area (Å²) in [6.07, 6.45) is 7.55. The van der Waals surface area contributed by atoms with E-state index >= 15 is 0 Å². The number of carbonyl (C=O) groups excluding carboxylic acids is 1. The van der Waals surface area contributed by atoms with E-state index in [1.165, 1.54) is 44.2 Å². The quantitative estimate of drug-likeness (QED) is 0.324. The van der Waals surface area contributed by atoms with Crippen molar-refractivity contribution in [3.63, 3.8) is 0 Å². The van der Waals surface area contributed by atoms with E-state index in [4.69, 9.17) is 8.92 Å². The van der Waals surface area contributed by atoms with Crippen LogP contribution in [0.15, 0.2) is 29.2 Å². The van der Waals surface area contributed by atoms with E-state index in [-0.39, 0.29) is 11.5 Å². The van der Waals surface area contributed by atoms with Gasteiger partial charge in [-0.1, -0.05) is 69.6 Å². The molecule has 1 atom stereocenters. The third kappa shape index (κ3) is 11.8. The Morgan fingerprint density at radius 3 is 2.21 bits per heavy atom. The van der Waals surface area contributed by atoms with Crippen molar-refractivity contribution in [2.24, 2.45) is 0 Å². The number of aliphatic hydroxyl groups is 1. The van der Waals surface area contributed by atoms with Crippen molar-refractivity contribution in [3.8, 4) is 0 Å². The summed E-state index contributed by atoms with van der Waals surface area (Å²) in [7, 11) is -3.96. The molecule has 0 bridgehead atoms. The van der Waals surface area contributed by atoms with Gasteiger partial charge in [0.1, 0.15) is 12.7 Å². The van der Waals surface area contributed by atoms with E-state index in [2.05, 4.69) is 12.2 Å². The molecule has 1 unspecified atom stereocenters. The van der Waals surface area contributed by atoms with Crippen LogP contribution in [0.2, 0.25) is 0 Å². The van der Waals surface area contributed by atoms with Crippen LogP contribution in [0, 0.1) is 6.92 Å². The third-order valence-corrected chi connectivity index (χ3v) is 5.73. The molecule has 1 rings (SSSR count). The number of carbonyl (C=O) groups is 1. The number of hydrogen-bond acceptors (Lipinski definition) is 6. The molecule has 8 heteroatoms. The zero-order valence-corrected chi connectivity index (χ0v) is 18.4. The fourth-order valence-corrected chi connectivity index (χ4v) is 3.60. The molecule has 166 valence electrons. The molecule has 0 aliphatic rings. The van der Waals surface area contributed by atoms with Gasteiger partial charge in [-0.3, -0.25) is 4.18 Å². The molecule has 0 saturated carbocycles. The van der Waals surface area contributed by atoms with Crippen LogP contribution in [0.5, 0.6) is 0 Å². The number of hydrogen-bond donors (Lipinski definition) is 2. The van der Waals surface area contributed by atoms with Gasteiger partial charge in [0.15, 0.2) is 0 Å². The van der Waals surface area contributed by atoms with E-state index < -0.39 is 28.9 Å². The Morgan fingerprint density at radius 2 is 1.59 bits per heavy atom. The van der Waals surface area contributed by atoms with Crippen LogP contribution >= 0.6 is 0 Å². The van der Waals surface area contributed by atoms with Gasteiger partial charge in [-0.25, -0.2) is 4.79 Å². The van der Waals surface area contributed by atoms with E-state index in [9.17, 15) is 18.3 Å². The molecule has 0 aliphatic heterocycles. The van der Waals surface area contributed by atoms with Gasteiger partial charge in [0, 0.05) is 6.54 Å². The summed E-state index contributed by atoms with van der Waals surface area (Å²) in [5, 5.41) is 12.4. The molecule has 0 aliphatic carbocycles. The highest BCUT2D eigenvalue weighted by molar-refractivity contribution is 7.86. The molecule has 29 heavy (non-hydrogen) atoms. The van der Waals surface area contributed by atoms with Crippen molar-refractivity contribution >= 4 is 16.2 Å². The van der Waals surface area contributed by atoms with Gasteiger partial charge in [-0.15, -0.1) is 0 Å². The average Bonchev–Trinajstić information content (AvgIpc) is 2.70. The topological polar surface area (TPSA) is 102 Å². The molecule has 0 heterocycles. The maximum Gasteiger partial charge on any atom is 0.407 e. The minimum absolute atomic E-state index is 0.0133. The van der Waals surface area contributed by atoms with Crippen LogP contribution in [0.25, 0.3) is 0 Å². The first kappa shape index (κ1) is 25.4. The molecule has 0 fully saturated rings. The number of nitrogens with one attached hydrogen (secondary N) is 1. The van der Waals surface area contributed by atoms with Crippen molar-refractivity contribution in [1.29, 1.82) is 0 Å². The molecule has 1 aromatic rings. The number of benzene rings is 1. The van der Waals surface area contributed by atoms with Gasteiger partial charge in [0.25, 0.3) is 10.1 Å². The lowest BCUT2D eigenvalue weighted by Gasteiger charge is -2.12. The number of unbranched alkanes of at least 4 members (excludes halogenated alkanes) is 7. The fraction of sp³-hybridized carbons (Fsp3) is 0.667. The highest BCUT2D eigenvalue weighted by atomic mass is 32.2. The molecule has 0 radical (unpaired) electrons. The predicted octanol–water partition coefficient (Wildman–Crippen LogP) is 3.93. The molecule has 0 saturated heterocycles. The highest BCUT2D eigenvalue weighted by Crippen LogP contribution is 2.13. The monoisotopic (exact) mass is 429 g/mol. The Hall–Kier alpha value is -1.64. The van der Waals surface area contributed by atoms with Crippen LogP contribution in [0.1, 0.15) is 63.9 Å². The molecule has 1 aromatic carbocycles. The number of ether oxygens (including phenoxy) is 1. The average molecular weight is 430 g/mol. The second kappa shape index (κ2) is 14.4. The number of alkyl carbamates (subject to hydrolysis) is 1. The van der Waals surface area contributed by atoms with E-state index in [1.807, 2.05) is 6.92 Å². The molecule has 0 spiro atoms. The van der Waals surface area contributed by atoms with Crippen LogP contribution in [-0.4, -0.2) is 45.5 Å². The molecule has 0 aromatic heterocycles. The predicted molar refractivity (Wildman–Crippen MR) is 112 cm³/mol. The Morgan fingerprint density at radius 1 is 1.00 bits per heavy atom. The number of amides is 1. The number of aliphatic hydroxyl groups excluding tert-OH is 1. The summed E-state index contributed by atoms with van der Waals surface area (Å²) >= 11 is 0. The SMILES string of the molecule is CCCCCCCCCCNC(=O)OCC(O)COS(=O)(=O)c1ccc(C)cc1. The minimum Gasteiger partial charge on any atom is -0.447 e. The summed E-state index contributed by atoms with van der Waals surface area (Å²) in [5.74, 6) is 0. The molecule has 1 amide bonds. The standard InChI is InChI=1S/C21H35NO6S/c1-3-4-5-6-7-8-9-10-15-22-21(24)27-16-19(23)17-28-29(25,26)20-13-11-18(2)12-14-20/h11-14,19,23H,3-10,15-17H2,1-2H3,(H,22,24). The second-order valence-electron chi connectivity index (χ2n) is 7.21. The lowest BCUT2D eigenvalue weighted by Crippen LogP contribution is -2.31. The number of aryl methyl sites for hydroxylation is 1. The third-order valence-electron chi connectivity index (χ3n) is 4.43. The minimum atomic E-state index is -3.96. The lowest BCUT2D eigenvalue weighted by atomic mass is 10.1. The van der Waals surface area contributed by atoms with Gasteiger partial charge < -0.3 is 15.2 Å². The summed E-state index contributed by atoms with van der Waals surface area (Å²) in [6.45, 7) is 3.73. The van der Waals surface area contributed by atoms with Crippen molar-refractivity contribution in [3.05, 3.63) is 29.8 Å². The van der Waals surface area contributed by atoms with Gasteiger partial charge >= 0.3 is 6.09 Å². The van der Waals surface area contributed by atoms with Crippen molar-refractivity contribution in [2.75, 3.05) is 19.8 Å². The molecular weight excluding hydrogens is 394 g/mol. The smallest absolute Gasteiger partial charge is 0.407 e. The summed E-state index contributed by atoms with van der Waals surface area (Å²) < 4.78 is 33.8. The van der Waals surface area contributed by atoms with E-state index in [1.54, 1.807) is 12.1 Å². The van der Waals surface area contributed by atoms with Crippen molar-refractivity contribution < 1.29 is 27.2 Å². The molecular formula is C21H35NO6S. The molecule has 2 N–H and O–H groups in total. The van der Waals surface area contributed by atoms with Crippen LogP contribution < -0.4 is 5.32 Å². The van der Waals surface area contributed by atoms with Crippen molar-refractivity contribution in [2.45, 2.75) is 76.2 Å². The zero-order valence-electron chi connectivity index (χ0n) is 17.6. The summed E-state index contributed by atoms with van der Waals surface area (Å²) in [6, 6.07) is 6.19. The Bertz CT molecular complexity index is 675. The normalized spacial score (nSPS) is 12.5. The van der Waals surface area contributed by atoms with Gasteiger partial charge in [-0.05, 0) is 25.5 Å². The summed E-state index contributed by atoms with van der Waals surface area (Å²) in [4.78, 5) is 11.6. The maximum absolute atomic E-state index is 12.0. The second-order valence-corrected chi connectivity index (χ2v) is 8.82. The van der Waals surface area contributed by atoms with Crippen LogP contribution in [-0.2, 0) is 19.0 Å². The lowest BCUT2D eigenvalue weighted by molar-refractivity contribution is 0.0406. The van der Waals surface area contributed by atoms with Crippen molar-refractivity contribution in [1.82, 2.24) is 5.32 Å². The zero-order chi connectivity index (χ0) is 21.5. The fourth-order valence-electron chi connectivity index (χ4n) is 2.66. The van der Waals surface area contributed by atoms with Crippen LogP contribution in [0.3, 0.4) is 0 Å². The molecule has 7 nitrogen and oxygen atoms in total. The number of rotatable bonds is 15. The maximum atomic E-state index is 12.0. The largest absolute Gasteiger partial charge is 0.447 e. The Kier molecular flexibility index (Phi) is 12.6. The highest BCUT2D eigenvalue weighted by Gasteiger charge is 2.18. The first-order valence-corrected chi connectivity index (χ1v) is 11.8. The summed E-state index contributed by atoms with van der Waals surface area (Å²) in [5.41, 5.74) is 0.926. The van der Waals surface area contributed by atoms with Crippen LogP contribution in [0.4, 0.5) is 4.79 Å². The Balaban J connectivity index is 2.11. The Labute approximate surface area is 174 Å². The first-order valence-electron chi connectivity index (χ1n) is 10.4. The first-order chi connectivity index (χ1) is 13.8. The van der Waals surface area contributed by atoms with E-state index in [0.29, 0.717) is 6.54 Å². The van der Waals surface area contributed by atoms with Gasteiger partial charge in [0.05, 0.1) is 11.5 Å². The van der Waals surface area contributed by atoms with E-state index in [0.717, 1.165) is 24.8 Å².